The molecule has 1 heterocycles. The van der Waals surface area contributed by atoms with E-state index in [2.05, 4.69) is 36.5 Å². The molecule has 1 aliphatic heterocycles. The minimum Gasteiger partial charge on any atom is -0.493 e. The molecule has 4 nitrogen and oxygen atoms in total. The van der Waals surface area contributed by atoms with Crippen molar-refractivity contribution in [2.45, 2.75) is 57.0 Å². The van der Waals surface area contributed by atoms with Crippen molar-refractivity contribution in [3.05, 3.63) is 59.7 Å². The van der Waals surface area contributed by atoms with E-state index >= 15 is 0 Å². The van der Waals surface area contributed by atoms with Gasteiger partial charge >= 0.3 is 0 Å². The van der Waals surface area contributed by atoms with Crippen LogP contribution in [0, 0.1) is 5.92 Å². The van der Waals surface area contributed by atoms with Gasteiger partial charge in [0.15, 0.2) is 11.5 Å². The average Bonchev–Trinajstić information content (AvgIpc) is 3.27. The van der Waals surface area contributed by atoms with Gasteiger partial charge in [-0.05, 0) is 61.3 Å². The van der Waals surface area contributed by atoms with Crippen LogP contribution in [0.2, 0.25) is 0 Å². The van der Waals surface area contributed by atoms with Gasteiger partial charge in [0.1, 0.15) is 0 Å². The highest BCUT2D eigenvalue weighted by molar-refractivity contribution is 5.80. The summed E-state index contributed by atoms with van der Waals surface area (Å²) >= 11 is 0. The minimum absolute atomic E-state index is 0.0301. The lowest BCUT2D eigenvalue weighted by atomic mass is 9.77. The minimum atomic E-state index is -0.0301. The van der Waals surface area contributed by atoms with E-state index < -0.39 is 0 Å². The molecular formula is C25H31NO3. The molecule has 2 aromatic carbocycles. The van der Waals surface area contributed by atoms with Crippen LogP contribution in [0.5, 0.6) is 11.5 Å². The summed E-state index contributed by atoms with van der Waals surface area (Å²) in [5, 5.41) is 3.14. The van der Waals surface area contributed by atoms with E-state index in [-0.39, 0.29) is 29.8 Å². The first-order chi connectivity index (χ1) is 14.2. The Morgan fingerprint density at radius 2 is 1.79 bits per heavy atom. The maximum atomic E-state index is 12.6. The van der Waals surface area contributed by atoms with Crippen LogP contribution >= 0.6 is 0 Å². The van der Waals surface area contributed by atoms with E-state index in [1.165, 1.54) is 24.0 Å². The molecule has 2 fully saturated rings. The first kappa shape index (κ1) is 19.8. The molecular weight excluding hydrogens is 362 g/mol. The quantitative estimate of drug-likeness (QED) is 0.748. The van der Waals surface area contributed by atoms with Crippen LogP contribution in [0.4, 0.5) is 0 Å². The number of rotatable bonds is 6. The molecule has 0 aromatic heterocycles. The zero-order chi connectivity index (χ0) is 20.2. The Morgan fingerprint density at radius 3 is 2.52 bits per heavy atom. The van der Waals surface area contributed by atoms with Gasteiger partial charge in [0, 0.05) is 18.4 Å². The predicted octanol–water partition coefficient (Wildman–Crippen LogP) is 5.04. The van der Waals surface area contributed by atoms with Gasteiger partial charge < -0.3 is 14.8 Å². The van der Waals surface area contributed by atoms with Crippen LogP contribution in [0.25, 0.3) is 0 Å². The fraction of sp³-hybridized carbons (Fsp3) is 0.480. The highest BCUT2D eigenvalue weighted by atomic mass is 16.5. The number of methoxy groups -OCH3 is 1. The van der Waals surface area contributed by atoms with Crippen LogP contribution in [0.3, 0.4) is 0 Å². The maximum absolute atomic E-state index is 12.6. The highest BCUT2D eigenvalue weighted by Crippen LogP contribution is 2.39. The van der Waals surface area contributed by atoms with Crippen molar-refractivity contribution >= 4 is 5.91 Å². The topological polar surface area (TPSA) is 47.6 Å². The standard InChI is InChI=1S/C25H31NO3/c1-17(18-8-4-3-5-9-18)22-14-20(16-26-25(22)27)19-12-13-23(28-2)24(15-19)29-21-10-6-7-11-21/h3-5,8-9,12-13,15,17,20-22H,6-7,10-11,14,16H2,1-2H3,(H,26,27)/t17?,20-,22?/m1/s1. The molecule has 2 aromatic rings. The fourth-order valence-electron chi connectivity index (χ4n) is 4.75. The normalized spacial score (nSPS) is 23.4. The Morgan fingerprint density at radius 1 is 1.03 bits per heavy atom. The molecule has 1 amide bonds. The molecule has 29 heavy (non-hydrogen) atoms. The Labute approximate surface area is 173 Å². The Balaban J connectivity index is 1.53. The monoisotopic (exact) mass is 393 g/mol. The van der Waals surface area contributed by atoms with Gasteiger partial charge in [-0.2, -0.15) is 0 Å². The number of nitrogens with one attached hydrogen (secondary N) is 1. The largest absolute Gasteiger partial charge is 0.493 e. The van der Waals surface area contributed by atoms with Crippen molar-refractivity contribution in [1.82, 2.24) is 5.32 Å². The van der Waals surface area contributed by atoms with Gasteiger partial charge in [-0.15, -0.1) is 0 Å². The number of amides is 1. The molecule has 3 atom stereocenters. The molecule has 4 rings (SSSR count). The molecule has 1 aliphatic carbocycles. The van der Waals surface area contributed by atoms with E-state index in [1.807, 2.05) is 24.3 Å². The van der Waals surface area contributed by atoms with Crippen molar-refractivity contribution in [1.29, 1.82) is 0 Å². The van der Waals surface area contributed by atoms with E-state index in [0.29, 0.717) is 6.54 Å². The van der Waals surface area contributed by atoms with Crippen LogP contribution in [-0.4, -0.2) is 25.7 Å². The number of benzene rings is 2. The first-order valence-corrected chi connectivity index (χ1v) is 10.8. The Hall–Kier alpha value is -2.49. The summed E-state index contributed by atoms with van der Waals surface area (Å²) in [6.07, 6.45) is 5.83. The van der Waals surface area contributed by atoms with Crippen molar-refractivity contribution < 1.29 is 14.3 Å². The van der Waals surface area contributed by atoms with Gasteiger partial charge in [0.25, 0.3) is 0 Å². The summed E-state index contributed by atoms with van der Waals surface area (Å²) in [7, 11) is 1.69. The Kier molecular flexibility index (Phi) is 6.08. The van der Waals surface area contributed by atoms with Gasteiger partial charge in [-0.25, -0.2) is 0 Å². The number of piperidine rings is 1. The number of carbonyl (C=O) groups is 1. The first-order valence-electron chi connectivity index (χ1n) is 10.8. The molecule has 2 aliphatic rings. The molecule has 154 valence electrons. The summed E-state index contributed by atoms with van der Waals surface area (Å²) in [5.74, 6) is 2.22. The van der Waals surface area contributed by atoms with Gasteiger partial charge in [0.2, 0.25) is 5.91 Å². The van der Waals surface area contributed by atoms with Gasteiger partial charge in [-0.1, -0.05) is 43.3 Å². The molecule has 1 N–H and O–H groups in total. The Bertz CT molecular complexity index is 829. The van der Waals surface area contributed by atoms with Crippen molar-refractivity contribution in [3.8, 4) is 11.5 Å². The SMILES string of the molecule is COc1ccc([C@H]2CNC(=O)C(C(C)c3ccccc3)C2)cc1OC1CCCC1. The second-order valence-electron chi connectivity index (χ2n) is 8.42. The lowest BCUT2D eigenvalue weighted by molar-refractivity contribution is -0.127. The average molecular weight is 394 g/mol. The molecule has 2 unspecified atom stereocenters. The van der Waals surface area contributed by atoms with E-state index in [4.69, 9.17) is 9.47 Å². The third kappa shape index (κ3) is 4.42. The number of carbonyl (C=O) groups excluding carboxylic acids is 1. The summed E-state index contributed by atoms with van der Waals surface area (Å²) in [4.78, 5) is 12.6. The number of hydrogen-bond donors (Lipinski definition) is 1. The second-order valence-corrected chi connectivity index (χ2v) is 8.42. The van der Waals surface area contributed by atoms with Crippen molar-refractivity contribution in [3.63, 3.8) is 0 Å². The lowest BCUT2D eigenvalue weighted by Gasteiger charge is -2.33. The molecule has 4 heteroatoms. The van der Waals surface area contributed by atoms with E-state index in [9.17, 15) is 4.79 Å². The van der Waals surface area contributed by atoms with Gasteiger partial charge in [-0.3, -0.25) is 4.79 Å². The van der Waals surface area contributed by atoms with Crippen LogP contribution in [0.15, 0.2) is 48.5 Å². The zero-order valence-corrected chi connectivity index (χ0v) is 17.4. The molecule has 0 radical (unpaired) electrons. The summed E-state index contributed by atoms with van der Waals surface area (Å²) in [6, 6.07) is 16.6. The predicted molar refractivity (Wildman–Crippen MR) is 115 cm³/mol. The highest BCUT2D eigenvalue weighted by Gasteiger charge is 2.34. The molecule has 1 saturated heterocycles. The third-order valence-electron chi connectivity index (χ3n) is 6.58. The zero-order valence-electron chi connectivity index (χ0n) is 17.4. The second kappa shape index (κ2) is 8.89. The lowest BCUT2D eigenvalue weighted by Crippen LogP contribution is -2.42. The van der Waals surface area contributed by atoms with E-state index in [1.54, 1.807) is 7.11 Å². The van der Waals surface area contributed by atoms with Crippen LogP contribution in [0.1, 0.15) is 62.0 Å². The van der Waals surface area contributed by atoms with Gasteiger partial charge in [0.05, 0.1) is 13.2 Å². The van der Waals surface area contributed by atoms with Crippen molar-refractivity contribution in [2.75, 3.05) is 13.7 Å². The molecule has 1 saturated carbocycles. The maximum Gasteiger partial charge on any atom is 0.223 e. The van der Waals surface area contributed by atoms with Crippen LogP contribution < -0.4 is 14.8 Å². The summed E-state index contributed by atoms with van der Waals surface area (Å²) < 4.78 is 11.8. The van der Waals surface area contributed by atoms with Crippen molar-refractivity contribution in [2.24, 2.45) is 5.92 Å². The van der Waals surface area contributed by atoms with E-state index in [0.717, 1.165) is 30.8 Å². The number of hydrogen-bond acceptors (Lipinski definition) is 3. The fourth-order valence-corrected chi connectivity index (χ4v) is 4.75. The van der Waals surface area contributed by atoms with Crippen LogP contribution in [-0.2, 0) is 4.79 Å². The molecule has 0 spiro atoms. The summed E-state index contributed by atoms with van der Waals surface area (Å²) in [5.41, 5.74) is 2.43. The third-order valence-corrected chi connectivity index (χ3v) is 6.58. The smallest absolute Gasteiger partial charge is 0.223 e. The summed E-state index contributed by atoms with van der Waals surface area (Å²) in [6.45, 7) is 2.83. The molecule has 0 bridgehead atoms. The number of ether oxygens (including phenoxy) is 2.